The molecule has 0 spiro atoms. The first-order valence-corrected chi connectivity index (χ1v) is 6.36. The molecular formula is C12H8BrFO2S. The van der Waals surface area contributed by atoms with E-state index >= 15 is 0 Å². The van der Waals surface area contributed by atoms with Crippen LogP contribution in [0.5, 0.6) is 5.75 Å². The summed E-state index contributed by atoms with van der Waals surface area (Å²) in [7, 11) is 1.39. The summed E-state index contributed by atoms with van der Waals surface area (Å²) in [5.41, 5.74) is 0.317. The van der Waals surface area contributed by atoms with Gasteiger partial charge in [0.2, 0.25) is 5.78 Å². The highest BCUT2D eigenvalue weighted by Crippen LogP contribution is 2.26. The average Bonchev–Trinajstić information content (AvgIpc) is 2.75. The van der Waals surface area contributed by atoms with E-state index in [1.165, 1.54) is 30.6 Å². The van der Waals surface area contributed by atoms with E-state index in [2.05, 4.69) is 15.9 Å². The van der Waals surface area contributed by atoms with Crippen LogP contribution < -0.4 is 4.74 Å². The zero-order valence-corrected chi connectivity index (χ0v) is 11.3. The summed E-state index contributed by atoms with van der Waals surface area (Å²) in [6.45, 7) is 0. The SMILES string of the molecule is COc1ccc(C(=O)c2ccc(Br)s2)cc1F. The van der Waals surface area contributed by atoms with Crippen molar-refractivity contribution in [2.45, 2.75) is 0 Å². The molecule has 88 valence electrons. The Morgan fingerprint density at radius 3 is 2.65 bits per heavy atom. The minimum absolute atomic E-state index is 0.133. The molecule has 0 amide bonds. The number of carbonyl (C=O) groups is 1. The maximum Gasteiger partial charge on any atom is 0.203 e. The van der Waals surface area contributed by atoms with E-state index in [4.69, 9.17) is 4.74 Å². The van der Waals surface area contributed by atoms with Gasteiger partial charge in [0.15, 0.2) is 11.6 Å². The summed E-state index contributed by atoms with van der Waals surface area (Å²) >= 11 is 4.60. The molecule has 0 aliphatic carbocycles. The number of hydrogen-bond donors (Lipinski definition) is 0. The maximum atomic E-state index is 13.4. The summed E-state index contributed by atoms with van der Waals surface area (Å²) in [5.74, 6) is -0.592. The molecule has 5 heteroatoms. The number of ketones is 1. The van der Waals surface area contributed by atoms with E-state index in [0.717, 1.165) is 3.79 Å². The number of methoxy groups -OCH3 is 1. The number of thiophene rings is 1. The first-order valence-electron chi connectivity index (χ1n) is 4.75. The minimum atomic E-state index is -0.533. The quantitative estimate of drug-likeness (QED) is 0.803. The van der Waals surface area contributed by atoms with Gasteiger partial charge in [-0.15, -0.1) is 11.3 Å². The molecule has 1 heterocycles. The van der Waals surface area contributed by atoms with Crippen LogP contribution in [0, 0.1) is 5.82 Å². The van der Waals surface area contributed by atoms with Crippen LogP contribution in [-0.4, -0.2) is 12.9 Å². The summed E-state index contributed by atoms with van der Waals surface area (Å²) in [6, 6.07) is 7.69. The molecule has 0 bridgehead atoms. The van der Waals surface area contributed by atoms with Crippen LogP contribution in [0.25, 0.3) is 0 Å². The molecule has 2 rings (SSSR count). The molecule has 0 saturated carbocycles. The molecule has 17 heavy (non-hydrogen) atoms. The first-order chi connectivity index (χ1) is 8.11. The molecule has 0 aliphatic heterocycles. The van der Waals surface area contributed by atoms with E-state index in [9.17, 15) is 9.18 Å². The van der Waals surface area contributed by atoms with Crippen molar-refractivity contribution in [3.8, 4) is 5.75 Å². The summed E-state index contributed by atoms with van der Waals surface area (Å²) in [5, 5.41) is 0. The molecule has 2 nitrogen and oxygen atoms in total. The van der Waals surface area contributed by atoms with Crippen LogP contribution >= 0.6 is 27.3 Å². The third-order valence-electron chi connectivity index (χ3n) is 2.21. The standard InChI is InChI=1S/C12H8BrFO2S/c1-16-9-3-2-7(6-8(9)14)12(15)10-4-5-11(13)17-10/h2-6H,1H3. The van der Waals surface area contributed by atoms with Crippen LogP contribution in [0.3, 0.4) is 0 Å². The number of rotatable bonds is 3. The van der Waals surface area contributed by atoms with E-state index in [0.29, 0.717) is 10.4 Å². The number of benzene rings is 1. The lowest BCUT2D eigenvalue weighted by Crippen LogP contribution is -2.00. The van der Waals surface area contributed by atoms with Crippen molar-refractivity contribution in [3.05, 3.63) is 50.4 Å². The predicted octanol–water partition coefficient (Wildman–Crippen LogP) is 3.89. The maximum absolute atomic E-state index is 13.4. The van der Waals surface area contributed by atoms with Gasteiger partial charge in [-0.3, -0.25) is 4.79 Å². The number of halogens is 2. The summed E-state index contributed by atoms with van der Waals surface area (Å²) < 4.78 is 19.1. The lowest BCUT2D eigenvalue weighted by Gasteiger charge is -2.03. The lowest BCUT2D eigenvalue weighted by molar-refractivity contribution is 0.104. The Bertz CT molecular complexity index is 565. The highest BCUT2D eigenvalue weighted by atomic mass is 79.9. The molecule has 1 aromatic heterocycles. The van der Waals surface area contributed by atoms with Crippen molar-refractivity contribution >= 4 is 33.0 Å². The Hall–Kier alpha value is -1.20. The van der Waals surface area contributed by atoms with E-state index in [1.807, 2.05) is 0 Å². The molecule has 0 radical (unpaired) electrons. The van der Waals surface area contributed by atoms with Crippen molar-refractivity contribution in [2.24, 2.45) is 0 Å². The van der Waals surface area contributed by atoms with Crippen molar-refractivity contribution in [1.29, 1.82) is 0 Å². The van der Waals surface area contributed by atoms with Gasteiger partial charge in [0.05, 0.1) is 15.8 Å². The highest BCUT2D eigenvalue weighted by Gasteiger charge is 2.13. The third-order valence-corrected chi connectivity index (χ3v) is 3.83. The van der Waals surface area contributed by atoms with Crippen LogP contribution in [0.2, 0.25) is 0 Å². The number of ether oxygens (including phenoxy) is 1. The van der Waals surface area contributed by atoms with Gasteiger partial charge in [0, 0.05) is 5.56 Å². The second kappa shape index (κ2) is 4.98. The molecule has 0 atom stereocenters. The zero-order valence-electron chi connectivity index (χ0n) is 8.87. The van der Waals surface area contributed by atoms with Crippen molar-refractivity contribution in [3.63, 3.8) is 0 Å². The largest absolute Gasteiger partial charge is 0.494 e. The van der Waals surface area contributed by atoms with Crippen LogP contribution in [0.15, 0.2) is 34.1 Å². The second-order valence-corrected chi connectivity index (χ2v) is 5.75. The lowest BCUT2D eigenvalue weighted by atomic mass is 10.1. The van der Waals surface area contributed by atoms with Gasteiger partial charge >= 0.3 is 0 Å². The molecule has 1 aromatic carbocycles. The Kier molecular flexibility index (Phi) is 3.59. The van der Waals surface area contributed by atoms with Gasteiger partial charge in [0.1, 0.15) is 0 Å². The summed E-state index contributed by atoms with van der Waals surface area (Å²) in [4.78, 5) is 12.6. The van der Waals surface area contributed by atoms with Crippen molar-refractivity contribution < 1.29 is 13.9 Å². The fourth-order valence-electron chi connectivity index (χ4n) is 1.39. The van der Waals surface area contributed by atoms with Gasteiger partial charge in [-0.2, -0.15) is 0 Å². The van der Waals surface area contributed by atoms with Gasteiger partial charge in [-0.25, -0.2) is 4.39 Å². The van der Waals surface area contributed by atoms with Gasteiger partial charge in [-0.1, -0.05) is 0 Å². The van der Waals surface area contributed by atoms with E-state index in [1.54, 1.807) is 18.2 Å². The van der Waals surface area contributed by atoms with Crippen LogP contribution in [-0.2, 0) is 0 Å². The van der Waals surface area contributed by atoms with Gasteiger partial charge in [-0.05, 0) is 46.3 Å². The van der Waals surface area contributed by atoms with Crippen molar-refractivity contribution in [1.82, 2.24) is 0 Å². The molecule has 0 fully saturated rings. The Labute approximate surface area is 110 Å². The summed E-state index contributed by atoms with van der Waals surface area (Å²) in [6.07, 6.45) is 0. The monoisotopic (exact) mass is 314 g/mol. The fourth-order valence-corrected chi connectivity index (χ4v) is 2.73. The highest BCUT2D eigenvalue weighted by molar-refractivity contribution is 9.11. The molecule has 0 saturated heterocycles. The van der Waals surface area contributed by atoms with Gasteiger partial charge < -0.3 is 4.74 Å². The van der Waals surface area contributed by atoms with E-state index in [-0.39, 0.29) is 11.5 Å². The molecule has 0 aliphatic rings. The fraction of sp³-hybridized carbons (Fsp3) is 0.0833. The van der Waals surface area contributed by atoms with Crippen LogP contribution in [0.4, 0.5) is 4.39 Å². The zero-order chi connectivity index (χ0) is 12.4. The topological polar surface area (TPSA) is 26.3 Å². The smallest absolute Gasteiger partial charge is 0.203 e. The number of hydrogen-bond acceptors (Lipinski definition) is 3. The minimum Gasteiger partial charge on any atom is -0.494 e. The number of carbonyl (C=O) groups excluding carboxylic acids is 1. The molecular weight excluding hydrogens is 307 g/mol. The Morgan fingerprint density at radius 2 is 2.12 bits per heavy atom. The average molecular weight is 315 g/mol. The molecule has 0 N–H and O–H groups in total. The molecule has 0 unspecified atom stereocenters. The third kappa shape index (κ3) is 2.56. The Balaban J connectivity index is 2.35. The first kappa shape index (κ1) is 12.3. The normalized spacial score (nSPS) is 10.3. The van der Waals surface area contributed by atoms with Crippen LogP contribution in [0.1, 0.15) is 15.2 Å². The van der Waals surface area contributed by atoms with E-state index < -0.39 is 5.82 Å². The van der Waals surface area contributed by atoms with Crippen molar-refractivity contribution in [2.75, 3.05) is 7.11 Å². The second-order valence-electron chi connectivity index (χ2n) is 3.28. The predicted molar refractivity (Wildman–Crippen MR) is 68.4 cm³/mol. The molecule has 2 aromatic rings. The van der Waals surface area contributed by atoms with Gasteiger partial charge in [0.25, 0.3) is 0 Å². The Morgan fingerprint density at radius 1 is 1.35 bits per heavy atom.